The Morgan fingerprint density at radius 3 is 3.07 bits per heavy atom. The number of carbonyl (C=O) groups excluding carboxylic acids is 1. The summed E-state index contributed by atoms with van der Waals surface area (Å²) in [6.07, 6.45) is 1.12. The van der Waals surface area contributed by atoms with E-state index in [1.54, 1.807) is 0 Å². The predicted molar refractivity (Wildman–Crippen MR) is 57.2 cm³/mol. The maximum Gasteiger partial charge on any atom is 0.234 e. The molecule has 0 radical (unpaired) electrons. The van der Waals surface area contributed by atoms with Gasteiger partial charge in [-0.25, -0.2) is 0 Å². The fourth-order valence-corrected chi connectivity index (χ4v) is 1.67. The molecule has 0 aliphatic carbocycles. The lowest BCUT2D eigenvalue weighted by Gasteiger charge is -2.18. The molecule has 0 aromatic carbocycles. The molecule has 4 heteroatoms. The number of carbonyl (C=O) groups is 1. The molecule has 1 fully saturated rings. The highest BCUT2D eigenvalue weighted by atomic mass is 16.2. The highest BCUT2D eigenvalue weighted by molar-refractivity contribution is 5.77. The first kappa shape index (κ1) is 11.5. The molecule has 1 aliphatic rings. The van der Waals surface area contributed by atoms with Crippen molar-refractivity contribution < 1.29 is 4.79 Å². The summed E-state index contributed by atoms with van der Waals surface area (Å²) in [7, 11) is 0. The van der Waals surface area contributed by atoms with Crippen molar-refractivity contribution in [3.63, 3.8) is 0 Å². The monoisotopic (exact) mass is 199 g/mol. The zero-order valence-electron chi connectivity index (χ0n) is 9.18. The largest absolute Gasteiger partial charge is 0.355 e. The van der Waals surface area contributed by atoms with E-state index in [4.69, 9.17) is 0 Å². The Morgan fingerprint density at radius 2 is 2.36 bits per heavy atom. The van der Waals surface area contributed by atoms with Crippen molar-refractivity contribution in [2.75, 3.05) is 32.7 Å². The first-order chi connectivity index (χ1) is 6.72. The van der Waals surface area contributed by atoms with Crippen molar-refractivity contribution in [2.24, 2.45) is 0 Å². The van der Waals surface area contributed by atoms with Crippen molar-refractivity contribution >= 4 is 5.91 Å². The van der Waals surface area contributed by atoms with Crippen LogP contribution >= 0.6 is 0 Å². The average Bonchev–Trinajstić information content (AvgIpc) is 2.32. The molecule has 0 aromatic rings. The van der Waals surface area contributed by atoms with Gasteiger partial charge in [0.25, 0.3) is 0 Å². The Balaban J connectivity index is 2.26. The Hall–Kier alpha value is -0.610. The van der Waals surface area contributed by atoms with Crippen LogP contribution < -0.4 is 10.6 Å². The third-order valence-corrected chi connectivity index (χ3v) is 2.54. The van der Waals surface area contributed by atoms with Crippen molar-refractivity contribution in [2.45, 2.75) is 26.3 Å². The number of rotatable bonds is 3. The molecule has 14 heavy (non-hydrogen) atoms. The van der Waals surface area contributed by atoms with Crippen LogP contribution in [-0.2, 0) is 4.79 Å². The van der Waals surface area contributed by atoms with Gasteiger partial charge in [-0.2, -0.15) is 0 Å². The second kappa shape index (κ2) is 5.98. The highest BCUT2D eigenvalue weighted by Gasteiger charge is 2.14. The smallest absolute Gasteiger partial charge is 0.234 e. The fourth-order valence-electron chi connectivity index (χ4n) is 1.67. The summed E-state index contributed by atoms with van der Waals surface area (Å²) in [4.78, 5) is 13.5. The third kappa shape index (κ3) is 4.07. The summed E-state index contributed by atoms with van der Waals surface area (Å²) >= 11 is 0. The van der Waals surface area contributed by atoms with Gasteiger partial charge in [-0.1, -0.05) is 0 Å². The summed E-state index contributed by atoms with van der Waals surface area (Å²) in [5.74, 6) is 0.141. The van der Waals surface area contributed by atoms with E-state index in [0.717, 1.165) is 32.6 Å². The molecule has 1 atom stereocenters. The van der Waals surface area contributed by atoms with E-state index in [2.05, 4.69) is 22.5 Å². The average molecular weight is 199 g/mol. The molecule has 0 saturated carbocycles. The molecule has 1 unspecified atom stereocenters. The maximum atomic E-state index is 11.3. The number of nitrogens with zero attached hydrogens (tertiary/aromatic N) is 1. The summed E-state index contributed by atoms with van der Waals surface area (Å²) < 4.78 is 0. The molecular formula is C10H21N3O. The van der Waals surface area contributed by atoms with E-state index in [0.29, 0.717) is 12.6 Å². The summed E-state index contributed by atoms with van der Waals surface area (Å²) in [6.45, 7) is 8.39. The molecule has 1 amide bonds. The van der Waals surface area contributed by atoms with Gasteiger partial charge in [0.1, 0.15) is 0 Å². The lowest BCUT2D eigenvalue weighted by Crippen LogP contribution is -2.38. The normalized spacial score (nSPS) is 24.3. The Labute approximate surface area is 86.0 Å². The maximum absolute atomic E-state index is 11.3. The lowest BCUT2D eigenvalue weighted by atomic mass is 10.2. The molecule has 4 nitrogen and oxygen atoms in total. The van der Waals surface area contributed by atoms with Gasteiger partial charge < -0.3 is 10.6 Å². The molecule has 82 valence electrons. The molecule has 1 saturated heterocycles. The zero-order chi connectivity index (χ0) is 10.4. The van der Waals surface area contributed by atoms with Crippen molar-refractivity contribution in [3.8, 4) is 0 Å². The summed E-state index contributed by atoms with van der Waals surface area (Å²) in [6, 6.07) is 0.578. The summed E-state index contributed by atoms with van der Waals surface area (Å²) in [5, 5.41) is 6.23. The minimum atomic E-state index is 0.141. The number of amides is 1. The van der Waals surface area contributed by atoms with Crippen LogP contribution in [0.4, 0.5) is 0 Å². The molecule has 0 aromatic heterocycles. The van der Waals surface area contributed by atoms with Gasteiger partial charge in [0.2, 0.25) is 5.91 Å². The first-order valence-electron chi connectivity index (χ1n) is 5.44. The number of likely N-dealkylation sites (N-methyl/N-ethyl adjacent to an activating group) is 1. The van der Waals surface area contributed by atoms with Crippen LogP contribution in [0.2, 0.25) is 0 Å². The van der Waals surface area contributed by atoms with Gasteiger partial charge in [-0.3, -0.25) is 9.69 Å². The van der Waals surface area contributed by atoms with E-state index < -0.39 is 0 Å². The van der Waals surface area contributed by atoms with Gasteiger partial charge >= 0.3 is 0 Å². The SMILES string of the molecule is CCNC(=O)CN1CCNC(C)CC1. The highest BCUT2D eigenvalue weighted by Crippen LogP contribution is 2.00. The van der Waals surface area contributed by atoms with Gasteiger partial charge in [0, 0.05) is 32.2 Å². The quantitative estimate of drug-likeness (QED) is 0.662. The second-order valence-corrected chi connectivity index (χ2v) is 3.87. The third-order valence-electron chi connectivity index (χ3n) is 2.54. The Bertz CT molecular complexity index is 184. The zero-order valence-corrected chi connectivity index (χ0v) is 9.18. The first-order valence-corrected chi connectivity index (χ1v) is 5.44. The minimum Gasteiger partial charge on any atom is -0.355 e. The van der Waals surface area contributed by atoms with Gasteiger partial charge in [-0.15, -0.1) is 0 Å². The van der Waals surface area contributed by atoms with E-state index in [1.165, 1.54) is 0 Å². The Morgan fingerprint density at radius 1 is 1.57 bits per heavy atom. The summed E-state index contributed by atoms with van der Waals surface area (Å²) in [5.41, 5.74) is 0. The molecule has 0 spiro atoms. The Kier molecular flexibility index (Phi) is 4.90. The van der Waals surface area contributed by atoms with Crippen LogP contribution in [0.25, 0.3) is 0 Å². The van der Waals surface area contributed by atoms with Crippen LogP contribution in [0, 0.1) is 0 Å². The minimum absolute atomic E-state index is 0.141. The lowest BCUT2D eigenvalue weighted by molar-refractivity contribution is -0.122. The van der Waals surface area contributed by atoms with Crippen LogP contribution in [0.5, 0.6) is 0 Å². The van der Waals surface area contributed by atoms with E-state index in [9.17, 15) is 4.79 Å². The standard InChI is InChI=1S/C10H21N3O/c1-3-11-10(14)8-13-6-4-9(2)12-5-7-13/h9,12H,3-8H2,1-2H3,(H,11,14). The van der Waals surface area contributed by atoms with E-state index in [1.807, 2.05) is 6.92 Å². The van der Waals surface area contributed by atoms with Crippen molar-refractivity contribution in [3.05, 3.63) is 0 Å². The van der Waals surface area contributed by atoms with Gasteiger partial charge in [0.05, 0.1) is 6.54 Å². The molecule has 1 heterocycles. The van der Waals surface area contributed by atoms with Crippen molar-refractivity contribution in [1.29, 1.82) is 0 Å². The van der Waals surface area contributed by atoms with E-state index >= 15 is 0 Å². The molecular weight excluding hydrogens is 178 g/mol. The van der Waals surface area contributed by atoms with Crippen LogP contribution in [0.15, 0.2) is 0 Å². The molecule has 1 aliphatic heterocycles. The number of nitrogens with one attached hydrogen (secondary N) is 2. The molecule has 0 bridgehead atoms. The number of hydrogen-bond donors (Lipinski definition) is 2. The van der Waals surface area contributed by atoms with Crippen LogP contribution in [0.1, 0.15) is 20.3 Å². The molecule has 1 rings (SSSR count). The van der Waals surface area contributed by atoms with Crippen LogP contribution in [0.3, 0.4) is 0 Å². The predicted octanol–water partition coefficient (Wildman–Crippen LogP) is -0.194. The van der Waals surface area contributed by atoms with E-state index in [-0.39, 0.29) is 5.91 Å². The molecule has 2 N–H and O–H groups in total. The van der Waals surface area contributed by atoms with Crippen LogP contribution in [-0.4, -0.2) is 49.6 Å². The van der Waals surface area contributed by atoms with Gasteiger partial charge in [-0.05, 0) is 20.3 Å². The second-order valence-electron chi connectivity index (χ2n) is 3.87. The topological polar surface area (TPSA) is 44.4 Å². The van der Waals surface area contributed by atoms with Gasteiger partial charge in [0.15, 0.2) is 0 Å². The fraction of sp³-hybridized carbons (Fsp3) is 0.900. The van der Waals surface area contributed by atoms with Crippen molar-refractivity contribution in [1.82, 2.24) is 15.5 Å². The number of hydrogen-bond acceptors (Lipinski definition) is 3.